The summed E-state index contributed by atoms with van der Waals surface area (Å²) in [5.41, 5.74) is 9.07. The van der Waals surface area contributed by atoms with Crippen LogP contribution >= 0.6 is 11.6 Å². The third-order valence-corrected chi connectivity index (χ3v) is 5.40. The van der Waals surface area contributed by atoms with Crippen LogP contribution in [0.5, 0.6) is 0 Å². The minimum absolute atomic E-state index is 0.199. The Morgan fingerprint density at radius 3 is 2.44 bits per heavy atom. The SMILES string of the molecule is NCCCC(NC(=O)c1cccc(-c2cccc(Cl)c2)c1)c1ncc(-c2ccccc2)o1. The van der Waals surface area contributed by atoms with Crippen LogP contribution in [0, 0.1) is 0 Å². The molecule has 0 radical (unpaired) electrons. The van der Waals surface area contributed by atoms with Crippen molar-refractivity contribution in [2.45, 2.75) is 18.9 Å². The van der Waals surface area contributed by atoms with Gasteiger partial charge in [0, 0.05) is 16.1 Å². The lowest BCUT2D eigenvalue weighted by molar-refractivity contribution is 0.0927. The van der Waals surface area contributed by atoms with Crippen LogP contribution in [0.4, 0.5) is 0 Å². The first-order valence-electron chi connectivity index (χ1n) is 10.5. The Labute approximate surface area is 192 Å². The van der Waals surface area contributed by atoms with E-state index in [0.29, 0.717) is 35.2 Å². The molecule has 5 nitrogen and oxygen atoms in total. The molecule has 0 aliphatic heterocycles. The normalized spacial score (nSPS) is 11.8. The lowest BCUT2D eigenvalue weighted by Gasteiger charge is -2.16. The molecule has 1 amide bonds. The molecular weight excluding hydrogens is 422 g/mol. The highest BCUT2D eigenvalue weighted by molar-refractivity contribution is 6.30. The first-order chi connectivity index (χ1) is 15.6. The van der Waals surface area contributed by atoms with Crippen LogP contribution in [0.3, 0.4) is 0 Å². The van der Waals surface area contributed by atoms with Crippen LogP contribution in [0.25, 0.3) is 22.5 Å². The summed E-state index contributed by atoms with van der Waals surface area (Å²) in [6.45, 7) is 0.517. The van der Waals surface area contributed by atoms with E-state index in [4.69, 9.17) is 21.8 Å². The van der Waals surface area contributed by atoms with E-state index >= 15 is 0 Å². The lowest BCUT2D eigenvalue weighted by Crippen LogP contribution is -2.29. The number of amides is 1. The third-order valence-electron chi connectivity index (χ3n) is 5.16. The van der Waals surface area contributed by atoms with Gasteiger partial charge >= 0.3 is 0 Å². The van der Waals surface area contributed by atoms with E-state index in [0.717, 1.165) is 23.1 Å². The molecular formula is C26H24ClN3O2. The number of benzene rings is 3. The zero-order valence-electron chi connectivity index (χ0n) is 17.5. The van der Waals surface area contributed by atoms with Crippen LogP contribution in [0.1, 0.15) is 35.1 Å². The van der Waals surface area contributed by atoms with Crippen LogP contribution in [-0.2, 0) is 0 Å². The van der Waals surface area contributed by atoms with Crippen molar-refractivity contribution >= 4 is 17.5 Å². The molecule has 1 aromatic heterocycles. The fourth-order valence-corrected chi connectivity index (χ4v) is 3.70. The first kappa shape index (κ1) is 21.8. The topological polar surface area (TPSA) is 81.1 Å². The fourth-order valence-electron chi connectivity index (χ4n) is 3.51. The van der Waals surface area contributed by atoms with Crippen LogP contribution in [-0.4, -0.2) is 17.4 Å². The van der Waals surface area contributed by atoms with Crippen molar-refractivity contribution < 1.29 is 9.21 Å². The number of halogens is 1. The van der Waals surface area contributed by atoms with Gasteiger partial charge in [-0.15, -0.1) is 0 Å². The number of nitrogens with one attached hydrogen (secondary N) is 1. The molecule has 0 bridgehead atoms. The number of oxazole rings is 1. The second kappa shape index (κ2) is 10.3. The van der Waals surface area contributed by atoms with Crippen molar-refractivity contribution in [1.82, 2.24) is 10.3 Å². The smallest absolute Gasteiger partial charge is 0.251 e. The van der Waals surface area contributed by atoms with E-state index in [9.17, 15) is 4.79 Å². The standard InChI is InChI=1S/C26H24ClN3O2/c27-22-12-5-10-20(16-22)19-9-4-11-21(15-19)25(31)30-23(13-6-14-28)26-29-17-24(32-26)18-7-2-1-3-8-18/h1-5,7-12,15-17,23H,6,13-14,28H2,(H,30,31). The van der Waals surface area contributed by atoms with E-state index in [1.54, 1.807) is 12.3 Å². The average Bonchev–Trinajstić information content (AvgIpc) is 3.32. The largest absolute Gasteiger partial charge is 0.438 e. The highest BCUT2D eigenvalue weighted by Gasteiger charge is 2.21. The summed E-state index contributed by atoms with van der Waals surface area (Å²) in [4.78, 5) is 17.5. The van der Waals surface area contributed by atoms with Gasteiger partial charge in [-0.3, -0.25) is 4.79 Å². The number of nitrogens with two attached hydrogens (primary N) is 1. The molecule has 4 rings (SSSR count). The summed E-state index contributed by atoms with van der Waals surface area (Å²) in [6.07, 6.45) is 3.05. The minimum Gasteiger partial charge on any atom is -0.438 e. The van der Waals surface area contributed by atoms with Gasteiger partial charge in [0.1, 0.15) is 6.04 Å². The van der Waals surface area contributed by atoms with Crippen molar-refractivity contribution in [3.05, 3.63) is 102 Å². The number of hydrogen-bond acceptors (Lipinski definition) is 4. The molecule has 3 N–H and O–H groups in total. The number of rotatable bonds is 8. The molecule has 1 unspecified atom stereocenters. The van der Waals surface area contributed by atoms with Gasteiger partial charge in [0.25, 0.3) is 5.91 Å². The molecule has 1 heterocycles. The Bertz CT molecular complexity index is 1190. The Morgan fingerprint density at radius 1 is 0.969 bits per heavy atom. The number of aromatic nitrogens is 1. The first-order valence-corrected chi connectivity index (χ1v) is 10.9. The van der Waals surface area contributed by atoms with E-state index in [1.807, 2.05) is 72.8 Å². The summed E-state index contributed by atoms with van der Waals surface area (Å²) in [6, 6.07) is 24.4. The molecule has 1 atom stereocenters. The molecule has 3 aromatic carbocycles. The maximum atomic E-state index is 13.1. The minimum atomic E-state index is -0.377. The highest BCUT2D eigenvalue weighted by atomic mass is 35.5. The number of nitrogens with zero attached hydrogens (tertiary/aromatic N) is 1. The van der Waals surface area contributed by atoms with E-state index < -0.39 is 0 Å². The Hall–Kier alpha value is -3.41. The molecule has 162 valence electrons. The zero-order chi connectivity index (χ0) is 22.3. The molecule has 0 saturated carbocycles. The van der Waals surface area contributed by atoms with E-state index in [1.165, 1.54) is 0 Å². The zero-order valence-corrected chi connectivity index (χ0v) is 18.3. The van der Waals surface area contributed by atoms with Gasteiger partial charge in [0.2, 0.25) is 5.89 Å². The summed E-state index contributed by atoms with van der Waals surface area (Å²) in [5.74, 6) is 0.933. The van der Waals surface area contributed by atoms with Crippen molar-refractivity contribution in [2.75, 3.05) is 6.54 Å². The predicted octanol–water partition coefficient (Wildman–Crippen LogP) is 5.87. The van der Waals surface area contributed by atoms with E-state index in [-0.39, 0.29) is 11.9 Å². The highest BCUT2D eigenvalue weighted by Crippen LogP contribution is 2.26. The average molecular weight is 446 g/mol. The quantitative estimate of drug-likeness (QED) is 0.355. The molecule has 32 heavy (non-hydrogen) atoms. The monoisotopic (exact) mass is 445 g/mol. The molecule has 0 spiro atoms. The van der Waals surface area contributed by atoms with Gasteiger partial charge in [-0.05, 0) is 54.8 Å². The molecule has 4 aromatic rings. The van der Waals surface area contributed by atoms with Gasteiger partial charge in [0.15, 0.2) is 5.76 Å². The second-order valence-corrected chi connectivity index (χ2v) is 7.91. The van der Waals surface area contributed by atoms with Crippen molar-refractivity contribution in [1.29, 1.82) is 0 Å². The molecule has 0 saturated heterocycles. The van der Waals surface area contributed by atoms with Gasteiger partial charge in [-0.25, -0.2) is 4.98 Å². The summed E-state index contributed by atoms with van der Waals surface area (Å²) in [7, 11) is 0. The van der Waals surface area contributed by atoms with Crippen LogP contribution in [0.15, 0.2) is 89.5 Å². The van der Waals surface area contributed by atoms with Crippen LogP contribution in [0.2, 0.25) is 5.02 Å². The molecule has 0 aliphatic rings. The molecule has 0 fully saturated rings. The number of hydrogen-bond donors (Lipinski definition) is 2. The number of carbonyl (C=O) groups is 1. The number of carbonyl (C=O) groups excluding carboxylic acids is 1. The Kier molecular flexibility index (Phi) is 7.00. The Morgan fingerprint density at radius 2 is 1.69 bits per heavy atom. The van der Waals surface area contributed by atoms with Gasteiger partial charge < -0.3 is 15.5 Å². The van der Waals surface area contributed by atoms with Crippen molar-refractivity contribution in [3.63, 3.8) is 0 Å². The predicted molar refractivity (Wildman–Crippen MR) is 127 cm³/mol. The van der Waals surface area contributed by atoms with Gasteiger partial charge in [0.05, 0.1) is 6.20 Å². The summed E-state index contributed by atoms with van der Waals surface area (Å²) >= 11 is 6.12. The molecule has 6 heteroatoms. The van der Waals surface area contributed by atoms with Crippen molar-refractivity contribution in [2.24, 2.45) is 5.73 Å². The third kappa shape index (κ3) is 5.25. The maximum Gasteiger partial charge on any atom is 0.251 e. The van der Waals surface area contributed by atoms with Crippen LogP contribution < -0.4 is 11.1 Å². The molecule has 0 aliphatic carbocycles. The fraction of sp³-hybridized carbons (Fsp3) is 0.154. The summed E-state index contributed by atoms with van der Waals surface area (Å²) < 4.78 is 5.99. The lowest BCUT2D eigenvalue weighted by atomic mass is 10.0. The van der Waals surface area contributed by atoms with Crippen molar-refractivity contribution in [3.8, 4) is 22.5 Å². The Balaban J connectivity index is 1.55. The van der Waals surface area contributed by atoms with Gasteiger partial charge in [-0.2, -0.15) is 0 Å². The van der Waals surface area contributed by atoms with Gasteiger partial charge in [-0.1, -0.05) is 66.2 Å². The van der Waals surface area contributed by atoms with E-state index in [2.05, 4.69) is 10.3 Å². The maximum absolute atomic E-state index is 13.1. The summed E-state index contributed by atoms with van der Waals surface area (Å²) in [5, 5.41) is 3.71. The second-order valence-electron chi connectivity index (χ2n) is 7.48.